The van der Waals surface area contributed by atoms with Gasteiger partial charge in [-0.25, -0.2) is 9.97 Å². The van der Waals surface area contributed by atoms with Crippen LogP contribution in [0.2, 0.25) is 0 Å². The molecule has 0 saturated carbocycles. The minimum atomic E-state index is -4.38. The SMILES string of the molecule is CC(C)c1nn(CCOCC(F)(F)F)c2c(Nc3ccccn3)nc(N3CCN[C@@H](C)C3)nc12. The third-order valence-corrected chi connectivity index (χ3v) is 5.42. The number of aromatic nitrogens is 5. The lowest BCUT2D eigenvalue weighted by molar-refractivity contribution is -0.174. The molecule has 1 atom stereocenters. The maximum Gasteiger partial charge on any atom is 0.411 e. The van der Waals surface area contributed by atoms with Crippen LogP contribution in [0.4, 0.5) is 30.8 Å². The summed E-state index contributed by atoms with van der Waals surface area (Å²) in [6.45, 7) is 7.14. The summed E-state index contributed by atoms with van der Waals surface area (Å²) >= 11 is 0. The second-order valence-corrected chi connectivity index (χ2v) is 8.64. The quantitative estimate of drug-likeness (QED) is 0.476. The lowest BCUT2D eigenvalue weighted by Gasteiger charge is -2.32. The van der Waals surface area contributed by atoms with Gasteiger partial charge >= 0.3 is 6.18 Å². The van der Waals surface area contributed by atoms with Crippen molar-refractivity contribution in [3.63, 3.8) is 0 Å². The Balaban J connectivity index is 1.76. The van der Waals surface area contributed by atoms with Crippen molar-refractivity contribution < 1.29 is 17.9 Å². The largest absolute Gasteiger partial charge is 0.411 e. The highest BCUT2D eigenvalue weighted by molar-refractivity contribution is 5.90. The number of piperazine rings is 1. The van der Waals surface area contributed by atoms with E-state index in [1.54, 1.807) is 10.9 Å². The minimum Gasteiger partial charge on any atom is -0.370 e. The van der Waals surface area contributed by atoms with Gasteiger partial charge in [0.25, 0.3) is 0 Å². The van der Waals surface area contributed by atoms with Crippen LogP contribution in [-0.2, 0) is 11.3 Å². The average molecular weight is 479 g/mol. The normalized spacial score (nSPS) is 17.0. The molecule has 0 aromatic carbocycles. The van der Waals surface area contributed by atoms with Crippen molar-refractivity contribution in [2.45, 2.75) is 45.5 Å². The van der Waals surface area contributed by atoms with Crippen LogP contribution < -0.4 is 15.5 Å². The molecule has 0 unspecified atom stereocenters. The van der Waals surface area contributed by atoms with Gasteiger partial charge in [0, 0.05) is 31.9 Å². The number of nitrogens with zero attached hydrogens (tertiary/aromatic N) is 6. The molecule has 9 nitrogen and oxygen atoms in total. The molecule has 1 fully saturated rings. The fourth-order valence-corrected chi connectivity index (χ4v) is 3.88. The summed E-state index contributed by atoms with van der Waals surface area (Å²) < 4.78 is 44.0. The Morgan fingerprint density at radius 3 is 2.76 bits per heavy atom. The van der Waals surface area contributed by atoms with Gasteiger partial charge in [-0.3, -0.25) is 4.68 Å². The fraction of sp³-hybridized carbons (Fsp3) is 0.545. The van der Waals surface area contributed by atoms with Crippen LogP contribution in [0.25, 0.3) is 11.0 Å². The van der Waals surface area contributed by atoms with Crippen molar-refractivity contribution >= 4 is 28.6 Å². The van der Waals surface area contributed by atoms with Crippen LogP contribution in [-0.4, -0.2) is 69.8 Å². The predicted octanol–water partition coefficient (Wildman–Crippen LogP) is 3.47. The second-order valence-electron chi connectivity index (χ2n) is 8.64. The number of ether oxygens (including phenoxy) is 1. The summed E-state index contributed by atoms with van der Waals surface area (Å²) in [5.74, 6) is 1.72. The highest BCUT2D eigenvalue weighted by Gasteiger charge is 2.28. The molecule has 2 N–H and O–H groups in total. The van der Waals surface area contributed by atoms with Gasteiger partial charge in [0.1, 0.15) is 23.5 Å². The van der Waals surface area contributed by atoms with E-state index in [0.29, 0.717) is 34.7 Å². The standard InChI is InChI=1S/C22H29F3N8O/c1-14(2)17-18-19(33(31-17)10-11-34-13-22(23,24)25)20(28-16-6-4-5-7-27-16)30-21(29-18)32-9-8-26-15(3)12-32/h4-7,14-15,26H,8-13H2,1-3H3,(H,27,28,29,30)/t15-/m0/s1. The first-order valence-corrected chi connectivity index (χ1v) is 11.3. The van der Waals surface area contributed by atoms with Crippen LogP contribution in [0, 0.1) is 0 Å². The Morgan fingerprint density at radius 1 is 1.26 bits per heavy atom. The molecule has 4 heterocycles. The molecular formula is C22H29F3N8O. The van der Waals surface area contributed by atoms with E-state index in [-0.39, 0.29) is 19.1 Å². The van der Waals surface area contributed by atoms with E-state index in [1.165, 1.54) is 0 Å². The summed E-state index contributed by atoms with van der Waals surface area (Å²) in [5.41, 5.74) is 2.03. The molecule has 1 aliphatic rings. The van der Waals surface area contributed by atoms with Gasteiger partial charge in [0.05, 0.1) is 18.8 Å². The first-order chi connectivity index (χ1) is 16.2. The van der Waals surface area contributed by atoms with Gasteiger partial charge in [0.15, 0.2) is 5.82 Å². The molecule has 3 aromatic heterocycles. The molecule has 0 radical (unpaired) electrons. The van der Waals surface area contributed by atoms with Gasteiger partial charge in [-0.05, 0) is 25.0 Å². The fourth-order valence-electron chi connectivity index (χ4n) is 3.88. The van der Waals surface area contributed by atoms with Crippen LogP contribution in [0.5, 0.6) is 0 Å². The monoisotopic (exact) mass is 478 g/mol. The van der Waals surface area contributed by atoms with Crippen molar-refractivity contribution in [2.75, 3.05) is 43.1 Å². The second kappa shape index (κ2) is 10.1. The van der Waals surface area contributed by atoms with Crippen LogP contribution in [0.15, 0.2) is 24.4 Å². The number of anilines is 3. The topological polar surface area (TPSA) is 93.0 Å². The molecule has 3 aromatic rings. The number of rotatable bonds is 8. The van der Waals surface area contributed by atoms with Crippen molar-refractivity contribution in [3.8, 4) is 0 Å². The van der Waals surface area contributed by atoms with Crippen molar-refractivity contribution in [2.24, 2.45) is 0 Å². The van der Waals surface area contributed by atoms with Gasteiger partial charge in [-0.1, -0.05) is 19.9 Å². The van der Waals surface area contributed by atoms with Gasteiger partial charge in [-0.15, -0.1) is 0 Å². The zero-order valence-electron chi connectivity index (χ0n) is 19.4. The zero-order valence-corrected chi connectivity index (χ0v) is 19.4. The Bertz CT molecular complexity index is 1100. The number of alkyl halides is 3. The van der Waals surface area contributed by atoms with E-state index in [9.17, 15) is 13.2 Å². The van der Waals surface area contributed by atoms with Gasteiger partial charge in [-0.2, -0.15) is 23.3 Å². The molecule has 34 heavy (non-hydrogen) atoms. The molecule has 184 valence electrons. The number of fused-ring (bicyclic) bond motifs is 1. The summed E-state index contributed by atoms with van der Waals surface area (Å²) in [4.78, 5) is 16.1. The predicted molar refractivity (Wildman–Crippen MR) is 123 cm³/mol. The van der Waals surface area contributed by atoms with E-state index in [0.717, 1.165) is 25.3 Å². The molecule has 4 rings (SSSR count). The van der Waals surface area contributed by atoms with Crippen LogP contribution in [0.1, 0.15) is 32.4 Å². The number of hydrogen-bond donors (Lipinski definition) is 2. The minimum absolute atomic E-state index is 0.0484. The van der Waals surface area contributed by atoms with E-state index in [2.05, 4.69) is 32.5 Å². The lowest BCUT2D eigenvalue weighted by atomic mass is 10.1. The Labute approximate surface area is 195 Å². The van der Waals surface area contributed by atoms with E-state index < -0.39 is 12.8 Å². The first kappa shape index (κ1) is 24.1. The van der Waals surface area contributed by atoms with Crippen molar-refractivity contribution in [3.05, 3.63) is 30.1 Å². The molecule has 12 heteroatoms. The van der Waals surface area contributed by atoms with Crippen molar-refractivity contribution in [1.29, 1.82) is 0 Å². The molecule has 1 saturated heterocycles. The zero-order chi connectivity index (χ0) is 24.3. The number of hydrogen-bond acceptors (Lipinski definition) is 8. The van der Waals surface area contributed by atoms with E-state index >= 15 is 0 Å². The number of nitrogens with one attached hydrogen (secondary N) is 2. The summed E-state index contributed by atoms with van der Waals surface area (Å²) in [7, 11) is 0. The van der Waals surface area contributed by atoms with E-state index in [1.807, 2.05) is 32.0 Å². The van der Waals surface area contributed by atoms with Gasteiger partial charge in [0.2, 0.25) is 5.95 Å². The first-order valence-electron chi connectivity index (χ1n) is 11.3. The molecular weight excluding hydrogens is 449 g/mol. The highest BCUT2D eigenvalue weighted by atomic mass is 19.4. The van der Waals surface area contributed by atoms with Crippen molar-refractivity contribution in [1.82, 2.24) is 30.0 Å². The lowest BCUT2D eigenvalue weighted by Crippen LogP contribution is -2.49. The molecule has 1 aliphatic heterocycles. The van der Waals surface area contributed by atoms with E-state index in [4.69, 9.17) is 14.7 Å². The maximum absolute atomic E-state index is 12.5. The molecule has 0 spiro atoms. The summed E-state index contributed by atoms with van der Waals surface area (Å²) in [6.07, 6.45) is -2.71. The average Bonchev–Trinajstić information content (AvgIpc) is 3.16. The third-order valence-electron chi connectivity index (χ3n) is 5.42. The smallest absolute Gasteiger partial charge is 0.370 e. The van der Waals surface area contributed by atoms with Gasteiger partial charge < -0.3 is 20.3 Å². The summed E-state index contributed by atoms with van der Waals surface area (Å²) in [5, 5.41) is 11.4. The Morgan fingerprint density at radius 2 is 2.09 bits per heavy atom. The molecule has 0 aliphatic carbocycles. The van der Waals surface area contributed by atoms with Crippen LogP contribution in [0.3, 0.4) is 0 Å². The molecule has 0 amide bonds. The maximum atomic E-state index is 12.5. The molecule has 0 bridgehead atoms. The third kappa shape index (κ3) is 5.73. The Kier molecular flexibility index (Phi) is 7.17. The Hall–Kier alpha value is -2.99. The summed E-state index contributed by atoms with van der Waals surface area (Å²) in [6, 6.07) is 5.78. The number of halogens is 3. The van der Waals surface area contributed by atoms with Crippen LogP contribution >= 0.6 is 0 Å². The number of pyridine rings is 1. The highest BCUT2D eigenvalue weighted by Crippen LogP contribution is 2.31.